The van der Waals surface area contributed by atoms with Crippen LogP contribution in [0.5, 0.6) is 0 Å². The van der Waals surface area contributed by atoms with Gasteiger partial charge in [0.25, 0.3) is 0 Å². The van der Waals surface area contributed by atoms with Crippen LogP contribution in [-0.2, 0) is 5.75 Å². The first kappa shape index (κ1) is 14.9. The van der Waals surface area contributed by atoms with Crippen LogP contribution < -0.4 is 5.32 Å². The van der Waals surface area contributed by atoms with E-state index in [1.165, 1.54) is 50.2 Å². The Morgan fingerprint density at radius 2 is 2.05 bits per heavy atom. The Kier molecular flexibility index (Phi) is 6.75. The van der Waals surface area contributed by atoms with Crippen LogP contribution in [0, 0.1) is 0 Å². The van der Waals surface area contributed by atoms with E-state index in [4.69, 9.17) is 0 Å². The second kappa shape index (κ2) is 8.62. The van der Waals surface area contributed by atoms with Crippen molar-refractivity contribution in [2.24, 2.45) is 0 Å². The number of hydrogen-bond donors (Lipinski definition) is 1. The third-order valence-corrected chi connectivity index (χ3v) is 4.88. The number of nitrogens with one attached hydrogen (secondary N) is 1. The highest BCUT2D eigenvalue weighted by molar-refractivity contribution is 7.98. The molecule has 0 bridgehead atoms. The molecule has 19 heavy (non-hydrogen) atoms. The van der Waals surface area contributed by atoms with Crippen LogP contribution in [0.2, 0.25) is 0 Å². The molecule has 106 valence electrons. The van der Waals surface area contributed by atoms with Crippen molar-refractivity contribution in [3.8, 4) is 0 Å². The first-order valence-corrected chi connectivity index (χ1v) is 8.54. The summed E-state index contributed by atoms with van der Waals surface area (Å²) in [5.74, 6) is 2.37. The Balaban J connectivity index is 1.62. The van der Waals surface area contributed by atoms with Gasteiger partial charge in [0.1, 0.15) is 0 Å². The third kappa shape index (κ3) is 5.55. The normalized spacial score (nSPS) is 20.4. The van der Waals surface area contributed by atoms with E-state index in [9.17, 15) is 0 Å². The lowest BCUT2D eigenvalue weighted by molar-refractivity contribution is 0.237. The summed E-state index contributed by atoms with van der Waals surface area (Å²) in [5, 5.41) is 3.49. The maximum atomic E-state index is 3.49. The molecule has 0 aliphatic carbocycles. The van der Waals surface area contributed by atoms with Crippen LogP contribution in [0.25, 0.3) is 0 Å². The molecule has 1 aliphatic heterocycles. The van der Waals surface area contributed by atoms with Crippen molar-refractivity contribution < 1.29 is 0 Å². The van der Waals surface area contributed by atoms with Gasteiger partial charge in [0, 0.05) is 24.1 Å². The van der Waals surface area contributed by atoms with Crippen molar-refractivity contribution >= 4 is 11.8 Å². The molecule has 1 atom stereocenters. The molecule has 1 unspecified atom stereocenters. The highest BCUT2D eigenvalue weighted by Crippen LogP contribution is 2.15. The standard InChI is InChI=1S/C16H26N2S/c1-18(16-8-5-10-17-11-9-16)12-13-19-14-15-6-3-2-4-7-15/h2-4,6-7,16-17H,5,8-14H2,1H3. The lowest BCUT2D eigenvalue weighted by Gasteiger charge is -2.26. The Morgan fingerprint density at radius 3 is 2.89 bits per heavy atom. The summed E-state index contributed by atoms with van der Waals surface area (Å²) in [6.07, 6.45) is 3.98. The molecule has 1 saturated heterocycles. The van der Waals surface area contributed by atoms with Crippen LogP contribution in [0.1, 0.15) is 24.8 Å². The summed E-state index contributed by atoms with van der Waals surface area (Å²) in [5.41, 5.74) is 1.44. The van der Waals surface area contributed by atoms with E-state index in [1.807, 2.05) is 11.8 Å². The van der Waals surface area contributed by atoms with Gasteiger partial charge in [-0.2, -0.15) is 11.8 Å². The van der Waals surface area contributed by atoms with Crippen LogP contribution in [0.3, 0.4) is 0 Å². The van der Waals surface area contributed by atoms with Crippen LogP contribution in [0.4, 0.5) is 0 Å². The zero-order chi connectivity index (χ0) is 13.3. The van der Waals surface area contributed by atoms with Gasteiger partial charge in [0.15, 0.2) is 0 Å². The second-order valence-electron chi connectivity index (χ2n) is 5.35. The maximum absolute atomic E-state index is 3.49. The van der Waals surface area contributed by atoms with Gasteiger partial charge in [-0.3, -0.25) is 0 Å². The molecule has 2 rings (SSSR count). The molecule has 1 fully saturated rings. The topological polar surface area (TPSA) is 15.3 Å². The fraction of sp³-hybridized carbons (Fsp3) is 0.625. The average molecular weight is 278 g/mol. The molecule has 2 nitrogen and oxygen atoms in total. The Labute approximate surface area is 122 Å². The van der Waals surface area contributed by atoms with E-state index in [2.05, 4.69) is 47.6 Å². The van der Waals surface area contributed by atoms with Crippen LogP contribution in [0.15, 0.2) is 30.3 Å². The fourth-order valence-corrected chi connectivity index (χ4v) is 3.59. The minimum absolute atomic E-state index is 0.785. The Morgan fingerprint density at radius 1 is 1.21 bits per heavy atom. The van der Waals surface area contributed by atoms with Crippen LogP contribution >= 0.6 is 11.8 Å². The predicted octanol–water partition coefficient (Wildman–Crippen LogP) is 2.99. The van der Waals surface area contributed by atoms with Crippen molar-refractivity contribution in [1.29, 1.82) is 0 Å². The molecular weight excluding hydrogens is 252 g/mol. The van der Waals surface area contributed by atoms with Gasteiger partial charge in [0.05, 0.1) is 0 Å². The fourth-order valence-electron chi connectivity index (χ4n) is 2.60. The van der Waals surface area contributed by atoms with Gasteiger partial charge in [-0.15, -0.1) is 0 Å². The first-order chi connectivity index (χ1) is 9.36. The second-order valence-corrected chi connectivity index (χ2v) is 6.46. The number of benzene rings is 1. The maximum Gasteiger partial charge on any atom is 0.0185 e. The summed E-state index contributed by atoms with van der Waals surface area (Å²) in [6, 6.07) is 11.6. The molecule has 1 aliphatic rings. The molecule has 1 heterocycles. The molecule has 0 spiro atoms. The predicted molar refractivity (Wildman–Crippen MR) is 85.7 cm³/mol. The molecule has 0 aromatic heterocycles. The van der Waals surface area contributed by atoms with E-state index in [-0.39, 0.29) is 0 Å². The highest BCUT2D eigenvalue weighted by atomic mass is 32.2. The molecule has 1 aromatic carbocycles. The van der Waals surface area contributed by atoms with Crippen molar-refractivity contribution in [1.82, 2.24) is 10.2 Å². The first-order valence-electron chi connectivity index (χ1n) is 7.39. The average Bonchev–Trinajstić information content (AvgIpc) is 2.73. The zero-order valence-electron chi connectivity index (χ0n) is 12.0. The number of nitrogens with zero attached hydrogens (tertiary/aromatic N) is 1. The summed E-state index contributed by atoms with van der Waals surface area (Å²) in [4.78, 5) is 2.56. The summed E-state index contributed by atoms with van der Waals surface area (Å²) in [6.45, 7) is 3.60. The van der Waals surface area contributed by atoms with Gasteiger partial charge in [-0.25, -0.2) is 0 Å². The molecular formula is C16H26N2S. The zero-order valence-corrected chi connectivity index (χ0v) is 12.8. The van der Waals surface area contributed by atoms with Gasteiger partial charge >= 0.3 is 0 Å². The molecule has 1 aromatic rings. The molecule has 0 radical (unpaired) electrons. The molecule has 0 amide bonds. The van der Waals surface area contributed by atoms with Gasteiger partial charge in [0.2, 0.25) is 0 Å². The lowest BCUT2D eigenvalue weighted by Crippen LogP contribution is -2.34. The Hall–Kier alpha value is -0.510. The largest absolute Gasteiger partial charge is 0.317 e. The third-order valence-electron chi connectivity index (χ3n) is 3.87. The Bertz CT molecular complexity index is 334. The van der Waals surface area contributed by atoms with Crippen molar-refractivity contribution in [2.45, 2.75) is 31.1 Å². The van der Waals surface area contributed by atoms with E-state index in [0.717, 1.165) is 11.8 Å². The van der Waals surface area contributed by atoms with Gasteiger partial charge in [-0.1, -0.05) is 30.3 Å². The summed E-state index contributed by atoms with van der Waals surface area (Å²) in [7, 11) is 2.29. The van der Waals surface area contributed by atoms with Crippen molar-refractivity contribution in [3.63, 3.8) is 0 Å². The number of hydrogen-bond acceptors (Lipinski definition) is 3. The van der Waals surface area contributed by atoms with Crippen LogP contribution in [-0.4, -0.2) is 43.4 Å². The monoisotopic (exact) mass is 278 g/mol. The van der Waals surface area contributed by atoms with Crippen molar-refractivity contribution in [3.05, 3.63) is 35.9 Å². The molecule has 1 N–H and O–H groups in total. The highest BCUT2D eigenvalue weighted by Gasteiger charge is 2.15. The minimum Gasteiger partial charge on any atom is -0.317 e. The minimum atomic E-state index is 0.785. The number of thioether (sulfide) groups is 1. The quantitative estimate of drug-likeness (QED) is 0.805. The van der Waals surface area contributed by atoms with E-state index >= 15 is 0 Å². The summed E-state index contributed by atoms with van der Waals surface area (Å²) >= 11 is 2.05. The smallest absolute Gasteiger partial charge is 0.0185 e. The van der Waals surface area contributed by atoms with Gasteiger partial charge in [-0.05, 0) is 45.0 Å². The number of rotatable bonds is 6. The van der Waals surface area contributed by atoms with Gasteiger partial charge < -0.3 is 10.2 Å². The van der Waals surface area contributed by atoms with E-state index in [1.54, 1.807) is 0 Å². The lowest BCUT2D eigenvalue weighted by atomic mass is 10.1. The molecule has 0 saturated carbocycles. The van der Waals surface area contributed by atoms with E-state index in [0.29, 0.717) is 0 Å². The SMILES string of the molecule is CN(CCSCc1ccccc1)C1CCCNCC1. The summed E-state index contributed by atoms with van der Waals surface area (Å²) < 4.78 is 0. The molecule has 3 heteroatoms. The van der Waals surface area contributed by atoms with E-state index < -0.39 is 0 Å². The van der Waals surface area contributed by atoms with Crippen molar-refractivity contribution in [2.75, 3.05) is 32.4 Å².